The monoisotopic (exact) mass is 404 g/mol. The summed E-state index contributed by atoms with van der Waals surface area (Å²) < 4.78 is 0. The molecule has 158 valence electrons. The van der Waals surface area contributed by atoms with Gasteiger partial charge in [-0.25, -0.2) is 0 Å². The van der Waals surface area contributed by atoms with Gasteiger partial charge < -0.3 is 10.2 Å². The molecule has 2 atom stereocenters. The van der Waals surface area contributed by atoms with Crippen LogP contribution in [0.25, 0.3) is 6.08 Å². The smallest absolute Gasteiger partial charge is 0.184 e. The molecule has 30 heavy (non-hydrogen) atoms. The summed E-state index contributed by atoms with van der Waals surface area (Å²) in [6.07, 6.45) is 9.59. The highest BCUT2D eigenvalue weighted by atomic mass is 16.3. The topological polar surface area (TPSA) is 57.5 Å². The highest BCUT2D eigenvalue weighted by molar-refractivity contribution is 6.12. The maximum absolute atomic E-state index is 13.0. The number of fused-ring (bicyclic) bond motifs is 1. The average molecular weight is 405 g/mol. The summed E-state index contributed by atoms with van der Waals surface area (Å²) in [5.74, 6) is 6.30. The lowest BCUT2D eigenvalue weighted by atomic mass is 9.61. The first-order valence-electron chi connectivity index (χ1n) is 11.3. The van der Waals surface area contributed by atoms with Crippen molar-refractivity contribution >= 4 is 11.9 Å². The Morgan fingerprint density at radius 2 is 1.80 bits per heavy atom. The van der Waals surface area contributed by atoms with Gasteiger partial charge in [0, 0.05) is 16.6 Å². The van der Waals surface area contributed by atoms with Crippen molar-refractivity contribution in [3.8, 4) is 11.8 Å². The van der Waals surface area contributed by atoms with Crippen LogP contribution in [-0.2, 0) is 4.79 Å². The summed E-state index contributed by atoms with van der Waals surface area (Å²) in [7, 11) is 0. The minimum atomic E-state index is -0.842. The van der Waals surface area contributed by atoms with Crippen molar-refractivity contribution in [1.29, 1.82) is 0 Å². The number of Topliss-reactive ketones (excluding diaryl/α,β-unsaturated/α-hetero) is 1. The van der Waals surface area contributed by atoms with E-state index >= 15 is 0 Å². The van der Waals surface area contributed by atoms with Gasteiger partial charge in [-0.05, 0) is 87.6 Å². The molecule has 2 saturated carbocycles. The predicted octanol–water partition coefficient (Wildman–Crippen LogP) is 4.96. The van der Waals surface area contributed by atoms with Gasteiger partial charge in [0.15, 0.2) is 5.78 Å². The third kappa shape index (κ3) is 4.04. The fraction of sp³-hybridized carbons (Fsp3) is 0.519. The minimum Gasteiger partial charge on any atom is -0.392 e. The molecule has 3 heteroatoms. The number of carbonyl (C=O) groups excluding carboxylic acids is 1. The molecule has 4 rings (SSSR count). The number of aliphatic hydroxyl groups excluding tert-OH is 1. The maximum Gasteiger partial charge on any atom is 0.184 e. The van der Waals surface area contributed by atoms with Crippen LogP contribution in [-0.4, -0.2) is 27.7 Å². The van der Waals surface area contributed by atoms with Gasteiger partial charge in [0.2, 0.25) is 0 Å². The van der Waals surface area contributed by atoms with Gasteiger partial charge in [-0.15, -0.1) is 0 Å². The summed E-state index contributed by atoms with van der Waals surface area (Å²) in [5, 5.41) is 21.2. The van der Waals surface area contributed by atoms with Crippen molar-refractivity contribution in [2.75, 3.05) is 0 Å². The third-order valence-electron chi connectivity index (χ3n) is 7.34. The van der Waals surface area contributed by atoms with Crippen LogP contribution in [0.3, 0.4) is 0 Å². The number of benzene rings is 1. The lowest BCUT2D eigenvalue weighted by Crippen LogP contribution is -2.42. The molecule has 2 fully saturated rings. The SMILES string of the molecule is CC1=C2CCC[C@H](O)[C@@]2(C)C/C(=C\c2ccc(C#CC3(O)CCCCC3)cc2)C1=O. The quantitative estimate of drug-likeness (QED) is 0.514. The molecule has 1 aromatic carbocycles. The highest BCUT2D eigenvalue weighted by Gasteiger charge is 2.45. The van der Waals surface area contributed by atoms with E-state index in [1.54, 1.807) is 0 Å². The number of aliphatic hydroxyl groups is 2. The summed E-state index contributed by atoms with van der Waals surface area (Å²) in [6.45, 7) is 4.01. The van der Waals surface area contributed by atoms with E-state index in [0.717, 1.165) is 72.8 Å². The second-order valence-corrected chi connectivity index (χ2v) is 9.57. The van der Waals surface area contributed by atoms with Crippen LogP contribution in [0.2, 0.25) is 0 Å². The molecule has 3 aliphatic rings. The molecule has 0 unspecified atom stereocenters. The summed E-state index contributed by atoms with van der Waals surface area (Å²) in [5.41, 5.74) is 3.40. The second-order valence-electron chi connectivity index (χ2n) is 9.57. The van der Waals surface area contributed by atoms with E-state index in [4.69, 9.17) is 0 Å². The van der Waals surface area contributed by atoms with Crippen LogP contribution in [0.5, 0.6) is 0 Å². The molecule has 0 heterocycles. The Hall–Kier alpha value is -2.15. The molecule has 0 radical (unpaired) electrons. The van der Waals surface area contributed by atoms with Gasteiger partial charge in [0.05, 0.1) is 6.10 Å². The number of carbonyl (C=O) groups is 1. The second kappa shape index (κ2) is 8.17. The van der Waals surface area contributed by atoms with Gasteiger partial charge in [0.25, 0.3) is 0 Å². The lowest BCUT2D eigenvalue weighted by Gasteiger charge is -2.45. The molecule has 3 nitrogen and oxygen atoms in total. The van der Waals surface area contributed by atoms with Crippen LogP contribution in [0, 0.1) is 17.3 Å². The number of rotatable bonds is 1. The van der Waals surface area contributed by atoms with Crippen molar-refractivity contribution in [2.24, 2.45) is 5.41 Å². The summed E-state index contributed by atoms with van der Waals surface area (Å²) in [4.78, 5) is 13.0. The molecule has 0 bridgehead atoms. The Balaban J connectivity index is 1.55. The first kappa shape index (κ1) is 21.1. The van der Waals surface area contributed by atoms with E-state index in [2.05, 4.69) is 18.8 Å². The standard InChI is InChI=1S/C27H32O3/c1-19-23-7-6-8-24(28)26(23,2)18-22(25(19)29)17-21-11-9-20(10-12-21)13-16-27(30)14-4-3-5-15-27/h9-12,17,24,28,30H,3-8,14-15,18H2,1-2H3/b22-17+/t24-,26-/m0/s1. The van der Waals surface area contributed by atoms with Crippen molar-refractivity contribution in [2.45, 2.75) is 83.3 Å². The van der Waals surface area contributed by atoms with Gasteiger partial charge >= 0.3 is 0 Å². The van der Waals surface area contributed by atoms with Gasteiger partial charge in [-0.2, -0.15) is 0 Å². The lowest BCUT2D eigenvalue weighted by molar-refractivity contribution is -0.113. The molecular weight excluding hydrogens is 372 g/mol. The van der Waals surface area contributed by atoms with Crippen LogP contribution < -0.4 is 0 Å². The Labute approximate surface area is 179 Å². The zero-order valence-corrected chi connectivity index (χ0v) is 18.1. The molecule has 0 aromatic heterocycles. The van der Waals surface area contributed by atoms with E-state index in [1.807, 2.05) is 37.3 Å². The molecule has 1 aromatic rings. The van der Waals surface area contributed by atoms with E-state index < -0.39 is 11.7 Å². The zero-order chi connectivity index (χ0) is 21.4. The van der Waals surface area contributed by atoms with Crippen molar-refractivity contribution < 1.29 is 15.0 Å². The maximum atomic E-state index is 13.0. The molecule has 0 spiro atoms. The minimum absolute atomic E-state index is 0.111. The number of hydrogen-bond acceptors (Lipinski definition) is 3. The number of hydrogen-bond donors (Lipinski definition) is 2. The predicted molar refractivity (Wildman–Crippen MR) is 120 cm³/mol. The fourth-order valence-electron chi connectivity index (χ4n) is 5.40. The molecule has 0 amide bonds. The van der Waals surface area contributed by atoms with E-state index in [0.29, 0.717) is 6.42 Å². The first-order chi connectivity index (χ1) is 14.3. The van der Waals surface area contributed by atoms with Crippen molar-refractivity contribution in [3.63, 3.8) is 0 Å². The third-order valence-corrected chi connectivity index (χ3v) is 7.34. The fourth-order valence-corrected chi connectivity index (χ4v) is 5.40. The van der Waals surface area contributed by atoms with Crippen LogP contribution >= 0.6 is 0 Å². The largest absolute Gasteiger partial charge is 0.392 e. The van der Waals surface area contributed by atoms with E-state index in [-0.39, 0.29) is 11.2 Å². The van der Waals surface area contributed by atoms with Gasteiger partial charge in [-0.1, -0.05) is 42.9 Å². The summed E-state index contributed by atoms with van der Waals surface area (Å²) >= 11 is 0. The molecule has 2 N–H and O–H groups in total. The van der Waals surface area contributed by atoms with Crippen molar-refractivity contribution in [3.05, 3.63) is 52.1 Å². The highest BCUT2D eigenvalue weighted by Crippen LogP contribution is 2.50. The molecule has 0 aliphatic heterocycles. The number of allylic oxidation sites excluding steroid dienone is 2. The first-order valence-corrected chi connectivity index (χ1v) is 11.3. The van der Waals surface area contributed by atoms with Crippen LogP contribution in [0.15, 0.2) is 41.0 Å². The molecule has 3 aliphatic carbocycles. The van der Waals surface area contributed by atoms with E-state index in [9.17, 15) is 15.0 Å². The average Bonchev–Trinajstić information content (AvgIpc) is 2.73. The van der Waals surface area contributed by atoms with Gasteiger partial charge in [0.1, 0.15) is 5.60 Å². The van der Waals surface area contributed by atoms with E-state index in [1.165, 1.54) is 6.42 Å². The normalized spacial score (nSPS) is 29.9. The van der Waals surface area contributed by atoms with Crippen molar-refractivity contribution in [1.82, 2.24) is 0 Å². The number of ketones is 1. The summed E-state index contributed by atoms with van der Waals surface area (Å²) in [6, 6.07) is 7.85. The molecule has 0 saturated heterocycles. The van der Waals surface area contributed by atoms with Crippen LogP contribution in [0.1, 0.15) is 82.8 Å². The van der Waals surface area contributed by atoms with Gasteiger partial charge in [-0.3, -0.25) is 4.79 Å². The van der Waals surface area contributed by atoms with Crippen LogP contribution in [0.4, 0.5) is 0 Å². The Morgan fingerprint density at radius 1 is 1.10 bits per heavy atom. The molecular formula is C27H32O3. The Kier molecular flexibility index (Phi) is 5.75. The Morgan fingerprint density at radius 3 is 2.50 bits per heavy atom. The Bertz CT molecular complexity index is 948. The zero-order valence-electron chi connectivity index (χ0n) is 18.1.